The van der Waals surface area contributed by atoms with Gasteiger partial charge in [-0.25, -0.2) is 4.39 Å². The summed E-state index contributed by atoms with van der Waals surface area (Å²) >= 11 is 1.33. The van der Waals surface area contributed by atoms with E-state index in [2.05, 4.69) is 5.32 Å². The number of carbonyl (C=O) groups excluding carboxylic acids is 2. The SMILES string of the molecule is CC1CC(c2ccccc2F)N(C(=O)CNC(=O)c2cccs2)C1. The van der Waals surface area contributed by atoms with Gasteiger partial charge in [0.1, 0.15) is 5.82 Å². The number of nitrogens with zero attached hydrogens (tertiary/aromatic N) is 1. The molecule has 6 heteroatoms. The number of thiophene rings is 1. The van der Waals surface area contributed by atoms with Gasteiger partial charge in [-0.15, -0.1) is 11.3 Å². The van der Waals surface area contributed by atoms with Crippen LogP contribution in [0.3, 0.4) is 0 Å². The maximum absolute atomic E-state index is 14.1. The van der Waals surface area contributed by atoms with E-state index in [-0.39, 0.29) is 30.2 Å². The van der Waals surface area contributed by atoms with Gasteiger partial charge in [0, 0.05) is 12.1 Å². The third-order valence-corrected chi connectivity index (χ3v) is 5.11. The maximum atomic E-state index is 14.1. The van der Waals surface area contributed by atoms with Crippen LogP contribution in [-0.2, 0) is 4.79 Å². The van der Waals surface area contributed by atoms with E-state index in [1.807, 2.05) is 12.3 Å². The van der Waals surface area contributed by atoms with Crippen molar-refractivity contribution in [2.75, 3.05) is 13.1 Å². The normalized spacial score (nSPS) is 20.2. The fourth-order valence-corrected chi connectivity index (χ4v) is 3.75. The molecule has 2 aromatic rings. The van der Waals surface area contributed by atoms with Crippen molar-refractivity contribution in [3.05, 3.63) is 58.0 Å². The topological polar surface area (TPSA) is 49.4 Å². The van der Waals surface area contributed by atoms with Crippen LogP contribution in [0.15, 0.2) is 41.8 Å². The van der Waals surface area contributed by atoms with Crippen molar-refractivity contribution in [3.63, 3.8) is 0 Å². The largest absolute Gasteiger partial charge is 0.342 e. The Morgan fingerprint density at radius 2 is 2.08 bits per heavy atom. The molecule has 1 aliphatic heterocycles. The second kappa shape index (κ2) is 7.13. The standard InChI is InChI=1S/C18H19FN2O2S/c1-12-9-15(13-5-2-3-6-14(13)19)21(11-12)17(22)10-20-18(23)16-7-4-8-24-16/h2-8,12,15H,9-11H2,1H3,(H,20,23). The van der Waals surface area contributed by atoms with Crippen molar-refractivity contribution < 1.29 is 14.0 Å². The highest BCUT2D eigenvalue weighted by Crippen LogP contribution is 2.36. The molecule has 2 heterocycles. The second-order valence-corrected chi connectivity index (χ2v) is 7.03. The van der Waals surface area contributed by atoms with E-state index < -0.39 is 0 Å². The molecule has 2 amide bonds. The number of nitrogens with one attached hydrogen (secondary N) is 1. The van der Waals surface area contributed by atoms with Crippen LogP contribution in [0.2, 0.25) is 0 Å². The van der Waals surface area contributed by atoms with Gasteiger partial charge in [-0.1, -0.05) is 31.2 Å². The Bertz CT molecular complexity index is 732. The Hall–Kier alpha value is -2.21. The van der Waals surface area contributed by atoms with E-state index in [1.165, 1.54) is 17.4 Å². The first-order valence-corrected chi connectivity index (χ1v) is 8.80. The number of halogens is 1. The summed E-state index contributed by atoms with van der Waals surface area (Å²) in [6.07, 6.45) is 0.728. The number of hydrogen-bond acceptors (Lipinski definition) is 3. The minimum atomic E-state index is -0.294. The molecule has 0 saturated carbocycles. The third kappa shape index (κ3) is 3.48. The van der Waals surface area contributed by atoms with Crippen LogP contribution in [-0.4, -0.2) is 29.8 Å². The molecule has 126 valence electrons. The van der Waals surface area contributed by atoms with Crippen LogP contribution >= 0.6 is 11.3 Å². The highest BCUT2D eigenvalue weighted by Gasteiger charge is 2.35. The zero-order valence-corrected chi connectivity index (χ0v) is 14.2. The number of rotatable bonds is 4. The molecule has 3 rings (SSSR count). The molecule has 0 radical (unpaired) electrons. The van der Waals surface area contributed by atoms with Gasteiger partial charge >= 0.3 is 0 Å². The van der Waals surface area contributed by atoms with Gasteiger partial charge in [-0.05, 0) is 29.9 Å². The van der Waals surface area contributed by atoms with E-state index in [4.69, 9.17) is 0 Å². The van der Waals surface area contributed by atoms with Crippen molar-refractivity contribution in [3.8, 4) is 0 Å². The van der Waals surface area contributed by atoms with Crippen molar-refractivity contribution in [2.45, 2.75) is 19.4 Å². The lowest BCUT2D eigenvalue weighted by molar-refractivity contribution is -0.131. The van der Waals surface area contributed by atoms with Crippen LogP contribution in [0.5, 0.6) is 0 Å². The zero-order valence-electron chi connectivity index (χ0n) is 13.4. The molecule has 1 fully saturated rings. The van der Waals surface area contributed by atoms with Crippen LogP contribution in [0, 0.1) is 11.7 Å². The van der Waals surface area contributed by atoms with E-state index in [0.717, 1.165) is 6.42 Å². The molecule has 0 spiro atoms. The molecule has 1 N–H and O–H groups in total. The van der Waals surface area contributed by atoms with E-state index in [0.29, 0.717) is 22.9 Å². The van der Waals surface area contributed by atoms with Gasteiger partial charge in [-0.2, -0.15) is 0 Å². The first-order chi connectivity index (χ1) is 11.6. The first-order valence-electron chi connectivity index (χ1n) is 7.92. The molecule has 2 unspecified atom stereocenters. The quantitative estimate of drug-likeness (QED) is 0.924. The summed E-state index contributed by atoms with van der Waals surface area (Å²) in [4.78, 5) is 26.8. The Kier molecular flexibility index (Phi) is 4.94. The highest BCUT2D eigenvalue weighted by molar-refractivity contribution is 7.12. The highest BCUT2D eigenvalue weighted by atomic mass is 32.1. The van der Waals surface area contributed by atoms with Crippen molar-refractivity contribution in [1.29, 1.82) is 0 Å². The molecule has 1 aliphatic rings. The number of amides is 2. The summed E-state index contributed by atoms with van der Waals surface area (Å²) in [5.41, 5.74) is 0.541. The van der Waals surface area contributed by atoms with Crippen LogP contribution in [0.25, 0.3) is 0 Å². The molecule has 2 atom stereocenters. The van der Waals surface area contributed by atoms with Gasteiger partial charge in [0.2, 0.25) is 5.91 Å². The van der Waals surface area contributed by atoms with Crippen LogP contribution in [0.1, 0.15) is 34.6 Å². The number of benzene rings is 1. The Morgan fingerprint density at radius 1 is 1.29 bits per heavy atom. The first kappa shape index (κ1) is 16.6. The number of hydrogen-bond donors (Lipinski definition) is 1. The molecule has 1 aromatic heterocycles. The number of carbonyl (C=O) groups is 2. The fraction of sp³-hybridized carbons (Fsp3) is 0.333. The Morgan fingerprint density at radius 3 is 2.79 bits per heavy atom. The minimum Gasteiger partial charge on any atom is -0.342 e. The van der Waals surface area contributed by atoms with Crippen molar-refractivity contribution in [1.82, 2.24) is 10.2 Å². The summed E-state index contributed by atoms with van der Waals surface area (Å²) in [5, 5.41) is 4.46. The zero-order chi connectivity index (χ0) is 17.1. The molecule has 1 aromatic carbocycles. The summed E-state index contributed by atoms with van der Waals surface area (Å²) in [5.74, 6) is -0.436. The number of likely N-dealkylation sites (tertiary alicyclic amines) is 1. The molecule has 4 nitrogen and oxygen atoms in total. The molecule has 0 aliphatic carbocycles. The average Bonchev–Trinajstić information content (AvgIpc) is 3.22. The Labute approximate surface area is 144 Å². The van der Waals surface area contributed by atoms with E-state index in [9.17, 15) is 14.0 Å². The van der Waals surface area contributed by atoms with Gasteiger partial charge < -0.3 is 10.2 Å². The molecular weight excluding hydrogens is 327 g/mol. The van der Waals surface area contributed by atoms with Crippen molar-refractivity contribution in [2.24, 2.45) is 5.92 Å². The molecule has 1 saturated heterocycles. The lowest BCUT2D eigenvalue weighted by Gasteiger charge is -2.25. The molecule has 24 heavy (non-hydrogen) atoms. The smallest absolute Gasteiger partial charge is 0.261 e. The average molecular weight is 346 g/mol. The van der Waals surface area contributed by atoms with E-state index >= 15 is 0 Å². The van der Waals surface area contributed by atoms with Gasteiger partial charge in [0.15, 0.2) is 0 Å². The minimum absolute atomic E-state index is 0.0750. The second-order valence-electron chi connectivity index (χ2n) is 6.08. The summed E-state index contributed by atoms with van der Waals surface area (Å²) < 4.78 is 14.1. The maximum Gasteiger partial charge on any atom is 0.261 e. The predicted molar refractivity (Wildman–Crippen MR) is 91.3 cm³/mol. The van der Waals surface area contributed by atoms with Gasteiger partial charge in [-0.3, -0.25) is 9.59 Å². The van der Waals surface area contributed by atoms with Crippen LogP contribution < -0.4 is 5.32 Å². The van der Waals surface area contributed by atoms with Gasteiger partial charge in [0.25, 0.3) is 5.91 Å². The van der Waals surface area contributed by atoms with E-state index in [1.54, 1.807) is 35.2 Å². The van der Waals surface area contributed by atoms with Gasteiger partial charge in [0.05, 0.1) is 17.5 Å². The predicted octanol–water partition coefficient (Wildman–Crippen LogP) is 3.23. The monoisotopic (exact) mass is 346 g/mol. The lowest BCUT2D eigenvalue weighted by Crippen LogP contribution is -2.40. The molecule has 0 bridgehead atoms. The summed E-state index contributed by atoms with van der Waals surface area (Å²) in [6, 6.07) is 9.80. The van der Waals surface area contributed by atoms with Crippen LogP contribution in [0.4, 0.5) is 4.39 Å². The summed E-state index contributed by atoms with van der Waals surface area (Å²) in [7, 11) is 0. The lowest BCUT2D eigenvalue weighted by atomic mass is 10.0. The third-order valence-electron chi connectivity index (χ3n) is 4.24. The Balaban J connectivity index is 1.68. The fourth-order valence-electron chi connectivity index (χ4n) is 3.11. The molecular formula is C18H19FN2O2S. The van der Waals surface area contributed by atoms with Crippen molar-refractivity contribution >= 4 is 23.2 Å². The summed E-state index contributed by atoms with van der Waals surface area (Å²) in [6.45, 7) is 2.55.